The molecule has 3 nitrogen and oxygen atoms in total. The van der Waals surface area contributed by atoms with E-state index in [4.69, 9.17) is 10.2 Å². The number of benzene rings is 4. The summed E-state index contributed by atoms with van der Waals surface area (Å²) in [5.41, 5.74) is 14.9. The third-order valence-corrected chi connectivity index (χ3v) is 11.3. The van der Waals surface area contributed by atoms with Crippen LogP contribution in [-0.4, -0.2) is 14.8 Å². The van der Waals surface area contributed by atoms with E-state index in [0.717, 1.165) is 22.9 Å². The summed E-state index contributed by atoms with van der Waals surface area (Å²) in [6, 6.07) is 27.7. The van der Waals surface area contributed by atoms with E-state index >= 15 is 0 Å². The number of rotatable bonds is 5. The molecular weight excluding hydrogens is 619 g/mol. The summed E-state index contributed by atoms with van der Waals surface area (Å²) in [5.74, 6) is 1.84. The van der Waals surface area contributed by atoms with Crippen molar-refractivity contribution >= 4 is 0 Å². The first kappa shape index (κ1) is 38.3. The maximum atomic E-state index is 5.00. The van der Waals surface area contributed by atoms with Crippen LogP contribution in [0.1, 0.15) is 136 Å². The highest BCUT2D eigenvalue weighted by Gasteiger charge is 2.40. The Kier molecular flexibility index (Phi) is 9.68. The van der Waals surface area contributed by atoms with Gasteiger partial charge in [-0.25, -0.2) is 0 Å². The van der Waals surface area contributed by atoms with Crippen LogP contribution in [-0.2, 0) is 21.7 Å². The standard InChI is InChI=1S/C48H63N3/c1-30-23-33(36-27-38(45(7,8)9)29-39(28-36)46(10,11)12)21-22-40(30)51-42(49-50-43(51)48(16,17)47(13,14)15)35-20-18-19-34(26-35)41-31(2)24-37(25-32(41)3)44(4,5)6/h18-29H,1-17H3. The molecule has 270 valence electrons. The Bertz CT molecular complexity index is 2020. The van der Waals surface area contributed by atoms with Crippen molar-refractivity contribution in [1.82, 2.24) is 14.8 Å². The molecule has 0 spiro atoms. The molecule has 3 heteroatoms. The summed E-state index contributed by atoms with van der Waals surface area (Å²) in [4.78, 5) is 0. The van der Waals surface area contributed by atoms with Gasteiger partial charge in [0, 0.05) is 11.0 Å². The highest BCUT2D eigenvalue weighted by molar-refractivity contribution is 5.76. The molecular formula is C48H63N3. The summed E-state index contributed by atoms with van der Waals surface area (Å²) >= 11 is 0. The van der Waals surface area contributed by atoms with Crippen molar-refractivity contribution in [3.63, 3.8) is 0 Å². The summed E-state index contributed by atoms with van der Waals surface area (Å²) in [6.45, 7) is 38.9. The molecule has 1 heterocycles. The van der Waals surface area contributed by atoms with Crippen LogP contribution in [0.2, 0.25) is 0 Å². The maximum absolute atomic E-state index is 5.00. The van der Waals surface area contributed by atoms with Crippen molar-refractivity contribution in [2.24, 2.45) is 5.41 Å². The quantitative estimate of drug-likeness (QED) is 0.185. The van der Waals surface area contributed by atoms with Crippen molar-refractivity contribution in [3.8, 4) is 39.3 Å². The van der Waals surface area contributed by atoms with Crippen LogP contribution >= 0.6 is 0 Å². The van der Waals surface area contributed by atoms with Gasteiger partial charge in [0.1, 0.15) is 5.82 Å². The minimum absolute atomic E-state index is 0.0511. The average Bonchev–Trinajstić information content (AvgIpc) is 3.44. The van der Waals surface area contributed by atoms with Crippen molar-refractivity contribution in [2.75, 3.05) is 0 Å². The highest BCUT2D eigenvalue weighted by atomic mass is 15.3. The van der Waals surface area contributed by atoms with E-state index in [-0.39, 0.29) is 27.1 Å². The van der Waals surface area contributed by atoms with E-state index < -0.39 is 0 Å². The topological polar surface area (TPSA) is 30.7 Å². The lowest BCUT2D eigenvalue weighted by Crippen LogP contribution is -2.36. The van der Waals surface area contributed by atoms with Gasteiger partial charge in [-0.3, -0.25) is 4.57 Å². The van der Waals surface area contributed by atoms with Crippen molar-refractivity contribution in [3.05, 3.63) is 112 Å². The molecule has 0 radical (unpaired) electrons. The Balaban J connectivity index is 1.71. The second-order valence-corrected chi connectivity index (χ2v) is 19.7. The molecule has 0 fully saturated rings. The zero-order valence-electron chi connectivity index (χ0n) is 34.8. The number of hydrogen-bond acceptors (Lipinski definition) is 2. The van der Waals surface area contributed by atoms with Crippen LogP contribution in [0.15, 0.2) is 72.8 Å². The van der Waals surface area contributed by atoms with Gasteiger partial charge in [0.15, 0.2) is 5.82 Å². The third kappa shape index (κ3) is 7.50. The first-order valence-corrected chi connectivity index (χ1v) is 18.8. The number of aryl methyl sites for hydroxylation is 3. The molecule has 0 bridgehead atoms. The van der Waals surface area contributed by atoms with Crippen molar-refractivity contribution in [1.29, 1.82) is 0 Å². The van der Waals surface area contributed by atoms with Gasteiger partial charge in [-0.1, -0.05) is 152 Å². The van der Waals surface area contributed by atoms with Crippen LogP contribution < -0.4 is 0 Å². The minimum atomic E-state index is -0.264. The van der Waals surface area contributed by atoms with Gasteiger partial charge in [-0.2, -0.15) is 0 Å². The molecule has 0 saturated carbocycles. The zero-order valence-corrected chi connectivity index (χ0v) is 34.8. The van der Waals surface area contributed by atoms with Gasteiger partial charge in [0.2, 0.25) is 0 Å². The number of hydrogen-bond donors (Lipinski definition) is 0. The molecule has 0 amide bonds. The van der Waals surface area contributed by atoms with Crippen molar-refractivity contribution < 1.29 is 0 Å². The molecule has 0 saturated heterocycles. The van der Waals surface area contributed by atoms with E-state index in [9.17, 15) is 0 Å². The highest BCUT2D eigenvalue weighted by Crippen LogP contribution is 2.43. The fourth-order valence-electron chi connectivity index (χ4n) is 6.85. The van der Waals surface area contributed by atoms with Gasteiger partial charge in [0.25, 0.3) is 0 Å². The third-order valence-electron chi connectivity index (χ3n) is 11.3. The SMILES string of the molecule is Cc1cc(-c2cc(C(C)(C)C)cc(C(C)(C)C)c2)ccc1-n1c(-c2cccc(-c3c(C)cc(C(C)(C)C)cc3C)c2)nnc1C(C)(C)C(C)(C)C. The second-order valence-electron chi connectivity index (χ2n) is 19.7. The van der Waals surface area contributed by atoms with E-state index in [1.807, 2.05) is 0 Å². The molecule has 51 heavy (non-hydrogen) atoms. The van der Waals surface area contributed by atoms with Gasteiger partial charge in [-0.15, -0.1) is 10.2 Å². The molecule has 0 unspecified atom stereocenters. The Morgan fingerprint density at radius 3 is 1.45 bits per heavy atom. The first-order valence-electron chi connectivity index (χ1n) is 18.8. The van der Waals surface area contributed by atoms with Gasteiger partial charge >= 0.3 is 0 Å². The molecule has 0 atom stereocenters. The molecule has 0 aliphatic heterocycles. The van der Waals surface area contributed by atoms with Crippen LogP contribution in [0.4, 0.5) is 0 Å². The minimum Gasteiger partial charge on any atom is -0.278 e. The largest absolute Gasteiger partial charge is 0.278 e. The Labute approximate surface area is 310 Å². The van der Waals surface area contributed by atoms with E-state index in [1.54, 1.807) is 0 Å². The van der Waals surface area contributed by atoms with Gasteiger partial charge < -0.3 is 0 Å². The van der Waals surface area contributed by atoms with Crippen LogP contribution in [0.25, 0.3) is 39.3 Å². The number of aromatic nitrogens is 3. The normalized spacial score (nSPS) is 13.2. The Morgan fingerprint density at radius 2 is 0.961 bits per heavy atom. The molecule has 0 N–H and O–H groups in total. The fraction of sp³-hybridized carbons (Fsp3) is 0.458. The van der Waals surface area contributed by atoms with E-state index in [2.05, 4.69) is 195 Å². The molecule has 1 aromatic heterocycles. The predicted molar refractivity (Wildman–Crippen MR) is 220 cm³/mol. The molecule has 0 aliphatic carbocycles. The maximum Gasteiger partial charge on any atom is 0.168 e. The summed E-state index contributed by atoms with van der Waals surface area (Å²) in [7, 11) is 0. The van der Waals surface area contributed by atoms with Crippen LogP contribution in [0.5, 0.6) is 0 Å². The second kappa shape index (κ2) is 12.9. The molecule has 5 aromatic rings. The van der Waals surface area contributed by atoms with Gasteiger partial charge in [0.05, 0.1) is 5.69 Å². The Morgan fingerprint density at radius 1 is 0.451 bits per heavy atom. The monoisotopic (exact) mass is 682 g/mol. The summed E-state index contributed by atoms with van der Waals surface area (Å²) < 4.78 is 2.33. The number of nitrogens with zero attached hydrogens (tertiary/aromatic N) is 3. The molecule has 0 aliphatic rings. The predicted octanol–water partition coefficient (Wildman–Crippen LogP) is 13.4. The van der Waals surface area contributed by atoms with Crippen molar-refractivity contribution in [2.45, 2.75) is 139 Å². The van der Waals surface area contributed by atoms with E-state index in [0.29, 0.717) is 0 Å². The van der Waals surface area contributed by atoms with Crippen LogP contribution in [0.3, 0.4) is 0 Å². The smallest absolute Gasteiger partial charge is 0.168 e. The first-order chi connectivity index (χ1) is 23.3. The average molecular weight is 682 g/mol. The molecule has 4 aromatic carbocycles. The van der Waals surface area contributed by atoms with Gasteiger partial charge in [-0.05, 0) is 116 Å². The summed E-state index contributed by atoms with van der Waals surface area (Å²) in [6.07, 6.45) is 0. The zero-order chi connectivity index (χ0) is 38.1. The lowest BCUT2D eigenvalue weighted by atomic mass is 9.68. The summed E-state index contributed by atoms with van der Waals surface area (Å²) in [5, 5.41) is 9.98. The lowest BCUT2D eigenvalue weighted by molar-refractivity contribution is 0.211. The Hall–Kier alpha value is -3.98. The molecule has 5 rings (SSSR count). The lowest BCUT2D eigenvalue weighted by Gasteiger charge is -2.38. The van der Waals surface area contributed by atoms with E-state index in [1.165, 1.54) is 55.6 Å². The van der Waals surface area contributed by atoms with Crippen LogP contribution in [0, 0.1) is 26.2 Å². The fourth-order valence-corrected chi connectivity index (χ4v) is 6.85.